The van der Waals surface area contributed by atoms with Gasteiger partial charge in [-0.2, -0.15) is 0 Å². The molecular formula is C13H19N3O2S. The molecule has 2 N–H and O–H groups in total. The third-order valence-electron chi connectivity index (χ3n) is 3.86. The van der Waals surface area contributed by atoms with Crippen LogP contribution in [0.15, 0.2) is 0 Å². The van der Waals surface area contributed by atoms with Gasteiger partial charge in [-0.15, -0.1) is 11.3 Å². The number of hydrogen-bond donors (Lipinski definition) is 2. The Morgan fingerprint density at radius 3 is 2.84 bits per heavy atom. The molecular weight excluding hydrogens is 262 g/mol. The van der Waals surface area contributed by atoms with Crippen molar-refractivity contribution in [2.45, 2.75) is 44.4 Å². The van der Waals surface area contributed by atoms with E-state index in [1.165, 1.54) is 19.3 Å². The Morgan fingerprint density at radius 2 is 2.11 bits per heavy atom. The predicted molar refractivity (Wildman–Crippen MR) is 74.5 cm³/mol. The first-order valence-electron chi connectivity index (χ1n) is 6.98. The monoisotopic (exact) mass is 281 g/mol. The molecule has 0 aromatic carbocycles. The highest BCUT2D eigenvalue weighted by Crippen LogP contribution is 2.37. The summed E-state index contributed by atoms with van der Waals surface area (Å²) in [5, 5.41) is 12.3. The van der Waals surface area contributed by atoms with Crippen molar-refractivity contribution in [2.75, 3.05) is 18.5 Å². The number of piperidine rings is 1. The molecule has 1 aliphatic heterocycles. The summed E-state index contributed by atoms with van der Waals surface area (Å²) in [5.41, 5.74) is 4.14. The zero-order valence-electron chi connectivity index (χ0n) is 10.9. The van der Waals surface area contributed by atoms with E-state index >= 15 is 0 Å². The Bertz CT molecular complexity index is 468. The average molecular weight is 281 g/mol. The first-order chi connectivity index (χ1) is 9.24. The Balaban J connectivity index is 1.75. The van der Waals surface area contributed by atoms with Gasteiger partial charge in [0.15, 0.2) is 5.13 Å². The topological polar surface area (TPSA) is 65.5 Å². The maximum Gasteiger partial charge on any atom is 0.312 e. The molecule has 1 aliphatic carbocycles. The smallest absolute Gasteiger partial charge is 0.312 e. The van der Waals surface area contributed by atoms with Crippen molar-refractivity contribution in [2.24, 2.45) is 0 Å². The number of hydrogen-bond acceptors (Lipinski definition) is 5. The number of aromatic nitrogens is 1. The van der Waals surface area contributed by atoms with Crippen molar-refractivity contribution in [3.63, 3.8) is 0 Å². The van der Waals surface area contributed by atoms with Gasteiger partial charge in [0, 0.05) is 18.0 Å². The van der Waals surface area contributed by atoms with Crippen LogP contribution in [0.25, 0.3) is 0 Å². The van der Waals surface area contributed by atoms with E-state index in [1.54, 1.807) is 11.3 Å². The normalized spacial score (nSPS) is 23.9. The molecule has 0 bridgehead atoms. The minimum atomic E-state index is -0.740. The molecule has 0 amide bonds. The SMILES string of the molecule is O=C(O)C1CCCc2sc(NN3CCCCC3)nc21. The molecule has 19 heavy (non-hydrogen) atoms. The number of carboxylic acids is 1. The van der Waals surface area contributed by atoms with Gasteiger partial charge in [-0.3, -0.25) is 10.2 Å². The Morgan fingerprint density at radius 1 is 1.32 bits per heavy atom. The molecule has 0 radical (unpaired) electrons. The summed E-state index contributed by atoms with van der Waals surface area (Å²) in [4.78, 5) is 16.9. The molecule has 104 valence electrons. The van der Waals surface area contributed by atoms with Gasteiger partial charge in [0.05, 0.1) is 5.69 Å². The van der Waals surface area contributed by atoms with E-state index in [1.807, 2.05) is 0 Å². The molecule has 0 spiro atoms. The Kier molecular flexibility index (Phi) is 3.70. The molecule has 6 heteroatoms. The molecule has 1 aromatic heterocycles. The number of carboxylic acid groups (broad SMARTS) is 1. The van der Waals surface area contributed by atoms with Crippen LogP contribution in [-0.4, -0.2) is 34.2 Å². The van der Waals surface area contributed by atoms with Gasteiger partial charge in [0.2, 0.25) is 0 Å². The summed E-state index contributed by atoms with van der Waals surface area (Å²) in [5.74, 6) is -1.15. The second kappa shape index (κ2) is 5.46. The maximum atomic E-state index is 11.3. The number of aryl methyl sites for hydroxylation is 1. The lowest BCUT2D eigenvalue weighted by molar-refractivity contribution is -0.139. The minimum Gasteiger partial charge on any atom is -0.481 e. The van der Waals surface area contributed by atoms with Crippen LogP contribution in [0.4, 0.5) is 5.13 Å². The fraction of sp³-hybridized carbons (Fsp3) is 0.692. The van der Waals surface area contributed by atoms with Crippen LogP contribution < -0.4 is 5.43 Å². The number of thiazole rings is 1. The third-order valence-corrected chi connectivity index (χ3v) is 4.90. The molecule has 3 rings (SSSR count). The van der Waals surface area contributed by atoms with E-state index in [0.717, 1.165) is 48.1 Å². The quantitative estimate of drug-likeness (QED) is 0.891. The van der Waals surface area contributed by atoms with Crippen LogP contribution in [0.5, 0.6) is 0 Å². The molecule has 1 aromatic rings. The highest BCUT2D eigenvalue weighted by atomic mass is 32.1. The third kappa shape index (κ3) is 2.74. The average Bonchev–Trinajstić information content (AvgIpc) is 2.81. The maximum absolute atomic E-state index is 11.3. The Hall–Kier alpha value is -1.14. The number of aliphatic carboxylic acids is 1. The van der Waals surface area contributed by atoms with Crippen LogP contribution in [0.1, 0.15) is 48.6 Å². The largest absolute Gasteiger partial charge is 0.481 e. The summed E-state index contributed by atoms with van der Waals surface area (Å²) in [6, 6.07) is 0. The lowest BCUT2D eigenvalue weighted by Gasteiger charge is -2.26. The van der Waals surface area contributed by atoms with Gasteiger partial charge < -0.3 is 5.11 Å². The standard InChI is InChI=1S/C13H19N3O2S/c17-12(18)9-5-4-6-10-11(9)14-13(19-10)15-16-7-2-1-3-8-16/h9H,1-8H2,(H,14,15)(H,17,18). The zero-order chi connectivity index (χ0) is 13.2. The van der Waals surface area contributed by atoms with E-state index in [4.69, 9.17) is 0 Å². The van der Waals surface area contributed by atoms with Gasteiger partial charge in [0.25, 0.3) is 0 Å². The number of nitrogens with zero attached hydrogens (tertiary/aromatic N) is 2. The summed E-state index contributed by atoms with van der Waals surface area (Å²) in [7, 11) is 0. The van der Waals surface area contributed by atoms with Crippen molar-refractivity contribution in [1.82, 2.24) is 9.99 Å². The first-order valence-corrected chi connectivity index (χ1v) is 7.79. The van der Waals surface area contributed by atoms with Gasteiger partial charge in [-0.1, -0.05) is 6.42 Å². The Labute approximate surface area is 116 Å². The highest BCUT2D eigenvalue weighted by Gasteiger charge is 2.30. The number of anilines is 1. The van der Waals surface area contributed by atoms with Crippen LogP contribution in [0.2, 0.25) is 0 Å². The second-order valence-corrected chi connectivity index (χ2v) is 6.35. The summed E-state index contributed by atoms with van der Waals surface area (Å²) >= 11 is 1.62. The molecule has 1 saturated heterocycles. The molecule has 1 atom stereocenters. The van der Waals surface area contributed by atoms with Gasteiger partial charge in [-0.25, -0.2) is 9.99 Å². The molecule has 0 saturated carbocycles. The molecule has 2 aliphatic rings. The van der Waals surface area contributed by atoms with Gasteiger partial charge in [0.1, 0.15) is 5.92 Å². The number of hydrazine groups is 1. The number of rotatable bonds is 3. The van der Waals surface area contributed by atoms with Crippen molar-refractivity contribution >= 4 is 22.4 Å². The minimum absolute atomic E-state index is 0.406. The molecule has 1 fully saturated rings. The van der Waals surface area contributed by atoms with Crippen LogP contribution in [-0.2, 0) is 11.2 Å². The van der Waals surface area contributed by atoms with Gasteiger partial charge >= 0.3 is 5.97 Å². The van der Waals surface area contributed by atoms with Crippen molar-refractivity contribution < 1.29 is 9.90 Å². The lowest BCUT2D eigenvalue weighted by Crippen LogP contribution is -2.34. The highest BCUT2D eigenvalue weighted by molar-refractivity contribution is 7.15. The van der Waals surface area contributed by atoms with Crippen molar-refractivity contribution in [1.29, 1.82) is 0 Å². The van der Waals surface area contributed by atoms with E-state index in [2.05, 4.69) is 15.4 Å². The fourth-order valence-corrected chi connectivity index (χ4v) is 3.94. The molecule has 5 nitrogen and oxygen atoms in total. The van der Waals surface area contributed by atoms with Crippen molar-refractivity contribution in [3.8, 4) is 0 Å². The second-order valence-electron chi connectivity index (χ2n) is 5.27. The van der Waals surface area contributed by atoms with Crippen LogP contribution >= 0.6 is 11.3 Å². The fourth-order valence-electron chi connectivity index (χ4n) is 2.85. The predicted octanol–water partition coefficient (Wildman–Crippen LogP) is 2.46. The summed E-state index contributed by atoms with van der Waals surface area (Å²) < 4.78 is 0. The molecule has 2 heterocycles. The summed E-state index contributed by atoms with van der Waals surface area (Å²) in [6.07, 6.45) is 6.38. The van der Waals surface area contributed by atoms with Crippen LogP contribution in [0, 0.1) is 0 Å². The number of nitrogens with one attached hydrogen (secondary N) is 1. The number of fused-ring (bicyclic) bond motifs is 1. The van der Waals surface area contributed by atoms with Crippen LogP contribution in [0.3, 0.4) is 0 Å². The first kappa shape index (κ1) is 12.9. The zero-order valence-corrected chi connectivity index (χ0v) is 11.7. The van der Waals surface area contributed by atoms with Crippen molar-refractivity contribution in [3.05, 3.63) is 10.6 Å². The summed E-state index contributed by atoms with van der Waals surface area (Å²) in [6.45, 7) is 2.10. The lowest BCUT2D eigenvalue weighted by atomic mass is 9.91. The molecule has 1 unspecified atom stereocenters. The van der Waals surface area contributed by atoms with E-state index in [0.29, 0.717) is 0 Å². The van der Waals surface area contributed by atoms with E-state index < -0.39 is 11.9 Å². The number of carbonyl (C=O) groups is 1. The van der Waals surface area contributed by atoms with E-state index in [-0.39, 0.29) is 0 Å². The van der Waals surface area contributed by atoms with Gasteiger partial charge in [-0.05, 0) is 32.1 Å². The van der Waals surface area contributed by atoms with E-state index in [9.17, 15) is 9.90 Å².